The highest BCUT2D eigenvalue weighted by atomic mass is 32.1. The topological polar surface area (TPSA) is 85.4 Å². The van der Waals surface area contributed by atoms with E-state index < -0.39 is 5.97 Å². The average molecular weight is 278 g/mol. The van der Waals surface area contributed by atoms with Crippen molar-refractivity contribution in [3.05, 3.63) is 22.2 Å². The highest BCUT2D eigenvalue weighted by Crippen LogP contribution is 2.36. The Morgan fingerprint density at radius 2 is 2.32 bits per heavy atom. The third kappa shape index (κ3) is 1.97. The summed E-state index contributed by atoms with van der Waals surface area (Å²) in [6, 6.07) is 1.91. The zero-order valence-corrected chi connectivity index (χ0v) is 11.5. The Bertz CT molecular complexity index is 691. The molecule has 19 heavy (non-hydrogen) atoms. The minimum atomic E-state index is -0.981. The van der Waals surface area contributed by atoms with Gasteiger partial charge in [0.15, 0.2) is 0 Å². The molecule has 0 amide bonds. The molecule has 5 nitrogen and oxygen atoms in total. The van der Waals surface area contributed by atoms with Gasteiger partial charge in [-0.05, 0) is 19.9 Å². The molecule has 0 fully saturated rings. The normalized spacial score (nSPS) is 17.4. The number of aromatic carboxylic acids is 1. The minimum Gasteiger partial charge on any atom is -0.477 e. The number of nitrogens with zero attached hydrogens (tertiary/aromatic N) is 1. The lowest BCUT2D eigenvalue weighted by molar-refractivity contribution is -0.0411. The molecule has 1 aliphatic rings. The molecule has 0 spiro atoms. The maximum absolute atomic E-state index is 11.2. The van der Waals surface area contributed by atoms with E-state index in [9.17, 15) is 9.90 Å². The number of carboxylic acids is 1. The van der Waals surface area contributed by atoms with Crippen LogP contribution in [-0.2, 0) is 17.8 Å². The summed E-state index contributed by atoms with van der Waals surface area (Å²) in [7, 11) is 0. The van der Waals surface area contributed by atoms with Crippen molar-refractivity contribution in [2.45, 2.75) is 32.5 Å². The molecule has 1 aliphatic heterocycles. The van der Waals surface area contributed by atoms with Gasteiger partial charge < -0.3 is 15.6 Å². The Hall–Kier alpha value is -1.66. The number of hydrogen-bond acceptors (Lipinski definition) is 5. The fraction of sp³-hybridized carbons (Fsp3) is 0.385. The van der Waals surface area contributed by atoms with Gasteiger partial charge in [0.2, 0.25) is 0 Å². The van der Waals surface area contributed by atoms with Crippen molar-refractivity contribution in [3.63, 3.8) is 0 Å². The van der Waals surface area contributed by atoms with Crippen LogP contribution in [0.3, 0.4) is 0 Å². The van der Waals surface area contributed by atoms with Crippen molar-refractivity contribution in [1.29, 1.82) is 0 Å². The predicted octanol–water partition coefficient (Wildman–Crippen LogP) is 2.43. The highest BCUT2D eigenvalue weighted by molar-refractivity contribution is 7.19. The van der Waals surface area contributed by atoms with Crippen LogP contribution < -0.4 is 5.73 Å². The first-order chi connectivity index (χ1) is 8.87. The first kappa shape index (κ1) is 12.4. The lowest BCUT2D eigenvalue weighted by Crippen LogP contribution is -2.32. The van der Waals surface area contributed by atoms with Crippen LogP contribution in [0, 0.1) is 0 Å². The van der Waals surface area contributed by atoms with E-state index in [1.165, 1.54) is 0 Å². The maximum Gasteiger partial charge on any atom is 0.348 e. The van der Waals surface area contributed by atoms with E-state index in [0.29, 0.717) is 28.9 Å². The molecule has 0 radical (unpaired) electrons. The molecule has 100 valence electrons. The average Bonchev–Trinajstić information content (AvgIpc) is 2.63. The van der Waals surface area contributed by atoms with Gasteiger partial charge in [-0.2, -0.15) is 0 Å². The maximum atomic E-state index is 11.2. The van der Waals surface area contributed by atoms with E-state index in [-0.39, 0.29) is 10.5 Å². The van der Waals surface area contributed by atoms with E-state index in [1.54, 1.807) is 0 Å². The Morgan fingerprint density at radius 3 is 3.00 bits per heavy atom. The number of aromatic nitrogens is 1. The Balaban J connectivity index is 2.24. The highest BCUT2D eigenvalue weighted by Gasteiger charge is 2.28. The van der Waals surface area contributed by atoms with E-state index in [1.807, 2.05) is 19.9 Å². The van der Waals surface area contributed by atoms with Crippen LogP contribution in [0.1, 0.15) is 34.8 Å². The van der Waals surface area contributed by atoms with Gasteiger partial charge in [0.05, 0.1) is 22.7 Å². The smallest absolute Gasteiger partial charge is 0.348 e. The molecule has 0 saturated heterocycles. The van der Waals surface area contributed by atoms with E-state index in [4.69, 9.17) is 10.5 Å². The summed E-state index contributed by atoms with van der Waals surface area (Å²) >= 11 is 1.07. The lowest BCUT2D eigenvalue weighted by Gasteiger charge is -2.31. The number of anilines is 1. The van der Waals surface area contributed by atoms with Gasteiger partial charge in [-0.1, -0.05) is 0 Å². The molecule has 3 heterocycles. The summed E-state index contributed by atoms with van der Waals surface area (Å²) in [5.41, 5.74) is 8.00. The number of fused-ring (bicyclic) bond motifs is 2. The summed E-state index contributed by atoms with van der Waals surface area (Å²) in [4.78, 5) is 15.9. The van der Waals surface area contributed by atoms with Gasteiger partial charge in [-0.3, -0.25) is 4.98 Å². The Labute approximate surface area is 114 Å². The van der Waals surface area contributed by atoms with Crippen LogP contribution in [0.2, 0.25) is 0 Å². The molecule has 0 aromatic carbocycles. The zero-order chi connectivity index (χ0) is 13.8. The van der Waals surface area contributed by atoms with E-state index in [0.717, 1.165) is 22.6 Å². The fourth-order valence-electron chi connectivity index (χ4n) is 2.32. The van der Waals surface area contributed by atoms with Gasteiger partial charge in [0.1, 0.15) is 4.88 Å². The Kier molecular flexibility index (Phi) is 2.55. The molecule has 0 saturated carbocycles. The van der Waals surface area contributed by atoms with Gasteiger partial charge in [-0.15, -0.1) is 11.3 Å². The van der Waals surface area contributed by atoms with Crippen molar-refractivity contribution in [2.75, 3.05) is 5.73 Å². The molecule has 2 aromatic heterocycles. The summed E-state index contributed by atoms with van der Waals surface area (Å²) < 4.78 is 5.74. The molecule has 0 aliphatic carbocycles. The summed E-state index contributed by atoms with van der Waals surface area (Å²) in [6.07, 6.45) is 0.674. The number of carboxylic acid groups (broad SMARTS) is 1. The third-order valence-electron chi connectivity index (χ3n) is 3.29. The third-order valence-corrected chi connectivity index (χ3v) is 4.30. The van der Waals surface area contributed by atoms with Crippen molar-refractivity contribution >= 4 is 33.2 Å². The second-order valence-corrected chi connectivity index (χ2v) is 6.37. The molecule has 6 heteroatoms. The van der Waals surface area contributed by atoms with Crippen molar-refractivity contribution in [3.8, 4) is 0 Å². The predicted molar refractivity (Wildman–Crippen MR) is 73.6 cm³/mol. The first-order valence-corrected chi connectivity index (χ1v) is 6.77. The summed E-state index contributed by atoms with van der Waals surface area (Å²) in [5, 5.41) is 10.4. The van der Waals surface area contributed by atoms with Crippen LogP contribution in [0.4, 0.5) is 5.00 Å². The van der Waals surface area contributed by atoms with E-state index in [2.05, 4.69) is 4.98 Å². The van der Waals surface area contributed by atoms with E-state index >= 15 is 0 Å². The number of thiophene rings is 1. The SMILES string of the molecule is CC1(C)Cc2nc3c(C(=O)O)sc(N)c3cc2CO1. The second kappa shape index (κ2) is 3.91. The van der Waals surface area contributed by atoms with Crippen LogP contribution in [0.25, 0.3) is 10.9 Å². The zero-order valence-electron chi connectivity index (χ0n) is 10.7. The van der Waals surface area contributed by atoms with Crippen LogP contribution in [0.15, 0.2) is 6.07 Å². The number of pyridine rings is 1. The molecule has 0 bridgehead atoms. The molecule has 0 unspecified atom stereocenters. The summed E-state index contributed by atoms with van der Waals surface area (Å²) in [6.45, 7) is 4.49. The molecule has 2 aromatic rings. The van der Waals surface area contributed by atoms with Crippen LogP contribution in [-0.4, -0.2) is 21.7 Å². The largest absolute Gasteiger partial charge is 0.477 e. The molecule has 3 N–H and O–H groups in total. The molecule has 3 rings (SSSR count). The standard InChI is InChI=1S/C13H14N2O3S/c1-13(2)4-8-6(5-18-13)3-7-9(15-8)10(12(16)17)19-11(7)14/h3H,4-5,14H2,1-2H3,(H,16,17). The fourth-order valence-corrected chi connectivity index (χ4v) is 3.14. The van der Waals surface area contributed by atoms with Gasteiger partial charge in [0.25, 0.3) is 0 Å². The molecular weight excluding hydrogens is 264 g/mol. The lowest BCUT2D eigenvalue weighted by atomic mass is 9.95. The quantitative estimate of drug-likeness (QED) is 0.836. The van der Waals surface area contributed by atoms with Crippen molar-refractivity contribution in [1.82, 2.24) is 4.98 Å². The number of ether oxygens (including phenoxy) is 1. The van der Waals surface area contributed by atoms with Gasteiger partial charge >= 0.3 is 5.97 Å². The van der Waals surface area contributed by atoms with Crippen LogP contribution in [0.5, 0.6) is 0 Å². The number of carbonyl (C=O) groups is 1. The number of nitrogen functional groups attached to an aromatic ring is 1. The van der Waals surface area contributed by atoms with Crippen molar-refractivity contribution < 1.29 is 14.6 Å². The van der Waals surface area contributed by atoms with Gasteiger partial charge in [0, 0.05) is 23.1 Å². The second-order valence-electron chi connectivity index (χ2n) is 5.32. The van der Waals surface area contributed by atoms with Crippen LogP contribution >= 0.6 is 11.3 Å². The molecular formula is C13H14N2O3S. The number of rotatable bonds is 1. The monoisotopic (exact) mass is 278 g/mol. The summed E-state index contributed by atoms with van der Waals surface area (Å²) in [5.74, 6) is -0.981. The van der Waals surface area contributed by atoms with Gasteiger partial charge in [-0.25, -0.2) is 4.79 Å². The molecule has 0 atom stereocenters. The number of hydrogen-bond donors (Lipinski definition) is 2. The number of nitrogens with two attached hydrogens (primary N) is 1. The first-order valence-electron chi connectivity index (χ1n) is 5.95. The minimum absolute atomic E-state index is 0.208. The Morgan fingerprint density at radius 1 is 1.58 bits per heavy atom. The van der Waals surface area contributed by atoms with Crippen molar-refractivity contribution in [2.24, 2.45) is 0 Å².